The summed E-state index contributed by atoms with van der Waals surface area (Å²) in [6.07, 6.45) is 12.1. The van der Waals surface area contributed by atoms with Gasteiger partial charge in [-0.1, -0.05) is 38.8 Å². The average Bonchev–Trinajstić information content (AvgIpc) is 3.49. The van der Waals surface area contributed by atoms with Gasteiger partial charge in [0.15, 0.2) is 5.65 Å². The molecule has 0 spiro atoms. The van der Waals surface area contributed by atoms with Crippen molar-refractivity contribution in [1.29, 1.82) is 0 Å². The van der Waals surface area contributed by atoms with Gasteiger partial charge in [0.1, 0.15) is 11.2 Å². The van der Waals surface area contributed by atoms with Crippen molar-refractivity contribution in [3.05, 3.63) is 58.5 Å². The highest BCUT2D eigenvalue weighted by Gasteiger charge is 2.25. The van der Waals surface area contributed by atoms with E-state index in [2.05, 4.69) is 28.9 Å². The molecule has 172 valence electrons. The number of aryl methyl sites for hydroxylation is 1. The molecule has 7 nitrogen and oxygen atoms in total. The molecule has 33 heavy (non-hydrogen) atoms. The van der Waals surface area contributed by atoms with Crippen LogP contribution in [-0.2, 0) is 6.42 Å². The quantitative estimate of drug-likeness (QED) is 0.397. The molecule has 5 rings (SSSR count). The zero-order chi connectivity index (χ0) is 22.8. The predicted molar refractivity (Wildman–Crippen MR) is 130 cm³/mol. The van der Waals surface area contributed by atoms with Gasteiger partial charge >= 0.3 is 0 Å². The second-order valence-electron chi connectivity index (χ2n) is 9.45. The van der Waals surface area contributed by atoms with Gasteiger partial charge in [0.2, 0.25) is 0 Å². The standard InChI is InChI=1S/C26H32N6O/c1-3-20(17(2)9-8-10-18-15-27-22-13-6-7-14-23(22)29-18)24-30-25-21(26(33)31-24)16-28-32(25)19-11-4-5-12-19/h6-7,13-17,19-20H,3-5,8-12H2,1-2H3,(H,30,31,33)/t17-,20-/m1/s1. The summed E-state index contributed by atoms with van der Waals surface area (Å²) < 4.78 is 2.00. The third kappa shape index (κ3) is 4.41. The number of para-hydroxylation sites is 2. The van der Waals surface area contributed by atoms with Gasteiger partial charge in [-0.15, -0.1) is 0 Å². The first-order valence-corrected chi connectivity index (χ1v) is 12.3. The normalized spacial score (nSPS) is 16.5. The maximum atomic E-state index is 12.8. The third-order valence-electron chi connectivity index (χ3n) is 7.22. The van der Waals surface area contributed by atoms with E-state index in [0.717, 1.165) is 66.7 Å². The molecule has 1 aliphatic rings. The molecule has 3 heterocycles. The molecule has 1 N–H and O–H groups in total. The predicted octanol–water partition coefficient (Wildman–Crippen LogP) is 5.33. The van der Waals surface area contributed by atoms with E-state index in [1.165, 1.54) is 12.8 Å². The summed E-state index contributed by atoms with van der Waals surface area (Å²) in [5.74, 6) is 1.40. The lowest BCUT2D eigenvalue weighted by Crippen LogP contribution is -2.20. The summed E-state index contributed by atoms with van der Waals surface area (Å²) in [6, 6.07) is 8.35. The number of rotatable bonds is 8. The first-order chi connectivity index (χ1) is 16.1. The fourth-order valence-electron chi connectivity index (χ4n) is 5.33. The molecule has 1 fully saturated rings. The fourth-order valence-corrected chi connectivity index (χ4v) is 5.33. The van der Waals surface area contributed by atoms with Crippen molar-refractivity contribution in [2.24, 2.45) is 5.92 Å². The van der Waals surface area contributed by atoms with Crippen LogP contribution in [0.4, 0.5) is 0 Å². The zero-order valence-corrected chi connectivity index (χ0v) is 19.5. The number of hydrogen-bond acceptors (Lipinski definition) is 5. The van der Waals surface area contributed by atoms with Crippen LogP contribution in [0.15, 0.2) is 41.5 Å². The van der Waals surface area contributed by atoms with Gasteiger partial charge in [0, 0.05) is 12.1 Å². The Bertz CT molecular complexity index is 1300. The Hall–Kier alpha value is -3.09. The zero-order valence-electron chi connectivity index (χ0n) is 19.5. The van der Waals surface area contributed by atoms with Crippen LogP contribution in [-0.4, -0.2) is 29.7 Å². The smallest absolute Gasteiger partial charge is 0.262 e. The molecule has 0 aliphatic heterocycles. The van der Waals surface area contributed by atoms with Crippen molar-refractivity contribution in [3.8, 4) is 0 Å². The molecule has 2 atom stereocenters. The van der Waals surface area contributed by atoms with E-state index in [9.17, 15) is 4.79 Å². The van der Waals surface area contributed by atoms with E-state index in [1.54, 1.807) is 6.20 Å². The molecular formula is C26H32N6O. The maximum Gasteiger partial charge on any atom is 0.262 e. The van der Waals surface area contributed by atoms with E-state index in [4.69, 9.17) is 9.97 Å². The Morgan fingerprint density at radius 3 is 2.70 bits per heavy atom. The van der Waals surface area contributed by atoms with Crippen molar-refractivity contribution >= 4 is 22.1 Å². The topological polar surface area (TPSA) is 89.4 Å². The van der Waals surface area contributed by atoms with Crippen LogP contribution < -0.4 is 5.56 Å². The second kappa shape index (κ2) is 9.41. The molecule has 1 saturated carbocycles. The van der Waals surface area contributed by atoms with Gasteiger partial charge in [0.05, 0.1) is 29.0 Å². The first kappa shape index (κ1) is 21.7. The van der Waals surface area contributed by atoms with Gasteiger partial charge in [-0.3, -0.25) is 9.78 Å². The van der Waals surface area contributed by atoms with Crippen LogP contribution in [0.3, 0.4) is 0 Å². The summed E-state index contributed by atoms with van der Waals surface area (Å²) in [7, 11) is 0. The van der Waals surface area contributed by atoms with Gasteiger partial charge in [-0.2, -0.15) is 5.10 Å². The lowest BCUT2D eigenvalue weighted by atomic mass is 9.86. The molecule has 7 heteroatoms. The third-order valence-corrected chi connectivity index (χ3v) is 7.22. The van der Waals surface area contributed by atoms with Crippen molar-refractivity contribution in [3.63, 3.8) is 0 Å². The molecular weight excluding hydrogens is 412 g/mol. The van der Waals surface area contributed by atoms with E-state index in [0.29, 0.717) is 17.3 Å². The lowest BCUT2D eigenvalue weighted by Gasteiger charge is -2.22. The van der Waals surface area contributed by atoms with Gasteiger partial charge < -0.3 is 4.98 Å². The lowest BCUT2D eigenvalue weighted by molar-refractivity contribution is 0.392. The van der Waals surface area contributed by atoms with Crippen LogP contribution in [0, 0.1) is 5.92 Å². The van der Waals surface area contributed by atoms with Gasteiger partial charge in [-0.05, 0) is 56.6 Å². The molecule has 0 saturated heterocycles. The summed E-state index contributed by atoms with van der Waals surface area (Å²) >= 11 is 0. The fraction of sp³-hybridized carbons (Fsp3) is 0.500. The van der Waals surface area contributed by atoms with Crippen LogP contribution in [0.5, 0.6) is 0 Å². The highest BCUT2D eigenvalue weighted by atomic mass is 16.1. The Morgan fingerprint density at radius 1 is 1.12 bits per heavy atom. The van der Waals surface area contributed by atoms with Crippen molar-refractivity contribution in [2.75, 3.05) is 0 Å². The largest absolute Gasteiger partial charge is 0.310 e. The Morgan fingerprint density at radius 2 is 1.91 bits per heavy atom. The molecule has 0 amide bonds. The number of fused-ring (bicyclic) bond motifs is 2. The van der Waals surface area contributed by atoms with E-state index in [-0.39, 0.29) is 11.5 Å². The molecule has 1 aromatic carbocycles. The second-order valence-corrected chi connectivity index (χ2v) is 9.45. The molecule has 4 aromatic rings. The number of hydrogen-bond donors (Lipinski definition) is 1. The molecule has 1 aliphatic carbocycles. The van der Waals surface area contributed by atoms with E-state index >= 15 is 0 Å². The summed E-state index contributed by atoms with van der Waals surface area (Å²) in [5, 5.41) is 5.14. The van der Waals surface area contributed by atoms with Crippen molar-refractivity contribution in [2.45, 2.75) is 77.2 Å². The monoisotopic (exact) mass is 444 g/mol. The highest BCUT2D eigenvalue weighted by molar-refractivity contribution is 5.74. The summed E-state index contributed by atoms with van der Waals surface area (Å²) in [6.45, 7) is 4.44. The number of benzene rings is 1. The number of nitrogens with one attached hydrogen (secondary N) is 1. The van der Waals surface area contributed by atoms with Gasteiger partial charge in [0.25, 0.3) is 5.56 Å². The summed E-state index contributed by atoms with van der Waals surface area (Å²) in [4.78, 5) is 30.1. The molecule has 0 bridgehead atoms. The average molecular weight is 445 g/mol. The van der Waals surface area contributed by atoms with E-state index < -0.39 is 0 Å². The number of nitrogens with zero attached hydrogens (tertiary/aromatic N) is 5. The molecule has 0 radical (unpaired) electrons. The summed E-state index contributed by atoms with van der Waals surface area (Å²) in [5.41, 5.74) is 3.59. The van der Waals surface area contributed by atoms with Crippen LogP contribution >= 0.6 is 0 Å². The number of aromatic amines is 1. The minimum atomic E-state index is -0.0728. The van der Waals surface area contributed by atoms with Gasteiger partial charge in [-0.25, -0.2) is 14.6 Å². The minimum absolute atomic E-state index is 0.0728. The van der Waals surface area contributed by atoms with E-state index in [1.807, 2.05) is 35.1 Å². The highest BCUT2D eigenvalue weighted by Crippen LogP contribution is 2.32. The van der Waals surface area contributed by atoms with Crippen LogP contribution in [0.1, 0.15) is 82.3 Å². The first-order valence-electron chi connectivity index (χ1n) is 12.3. The maximum absolute atomic E-state index is 12.8. The molecule has 3 aromatic heterocycles. The van der Waals surface area contributed by atoms with Crippen molar-refractivity contribution in [1.82, 2.24) is 29.7 Å². The Balaban J connectivity index is 1.31. The van der Waals surface area contributed by atoms with Crippen LogP contribution in [0.2, 0.25) is 0 Å². The number of H-pyrrole nitrogens is 1. The SMILES string of the molecule is CC[C@@H](c1nc2c(cnn2C2CCCC2)c(=O)[nH]1)[C@H](C)CCCc1cnc2ccccc2n1. The van der Waals surface area contributed by atoms with Crippen LogP contribution in [0.25, 0.3) is 22.1 Å². The molecule has 0 unspecified atom stereocenters. The minimum Gasteiger partial charge on any atom is -0.310 e. The Kier molecular flexibility index (Phi) is 6.20. The number of aromatic nitrogens is 6. The van der Waals surface area contributed by atoms with Crippen molar-refractivity contribution < 1.29 is 0 Å². The Labute approximate surface area is 193 Å².